The van der Waals surface area contributed by atoms with Gasteiger partial charge in [0.15, 0.2) is 0 Å². The number of halogens is 3. The number of rotatable bonds is 3. The van der Waals surface area contributed by atoms with Gasteiger partial charge in [-0.25, -0.2) is 0 Å². The van der Waals surface area contributed by atoms with Crippen LogP contribution in [0, 0.1) is 5.92 Å². The molecule has 1 heterocycles. The molecular formula is C11H10BrClFNO3S. The van der Waals surface area contributed by atoms with Crippen LogP contribution in [0.15, 0.2) is 22.7 Å². The smallest absolute Gasteiger partial charge is 0.302 e. The van der Waals surface area contributed by atoms with Crippen molar-refractivity contribution in [1.29, 1.82) is 0 Å². The van der Waals surface area contributed by atoms with Crippen LogP contribution in [0.25, 0.3) is 0 Å². The van der Waals surface area contributed by atoms with Gasteiger partial charge < -0.3 is 4.90 Å². The number of amides is 1. The molecule has 0 radical (unpaired) electrons. The molecule has 2 rings (SSSR count). The van der Waals surface area contributed by atoms with E-state index >= 15 is 0 Å². The maximum Gasteiger partial charge on any atom is 0.302 e. The van der Waals surface area contributed by atoms with Crippen molar-refractivity contribution in [2.24, 2.45) is 5.92 Å². The molecule has 1 aliphatic rings. The number of nitrogens with zero attached hydrogens (tertiary/aromatic N) is 1. The normalized spacial score (nSPS) is 20.1. The lowest BCUT2D eigenvalue weighted by molar-refractivity contribution is -0.117. The van der Waals surface area contributed by atoms with Crippen molar-refractivity contribution < 1.29 is 17.1 Å². The highest BCUT2D eigenvalue weighted by atomic mass is 79.9. The zero-order valence-electron chi connectivity index (χ0n) is 9.64. The SMILES string of the molecule is O=C1CC(CS(=O)(=O)F)CN1c1cc(Cl)ccc1Br. The molecule has 0 aromatic heterocycles. The Morgan fingerprint density at radius 2 is 2.16 bits per heavy atom. The molecule has 1 saturated heterocycles. The van der Waals surface area contributed by atoms with E-state index in [0.717, 1.165) is 0 Å². The molecule has 0 bridgehead atoms. The van der Waals surface area contributed by atoms with Crippen molar-refractivity contribution in [2.75, 3.05) is 17.2 Å². The van der Waals surface area contributed by atoms with Crippen molar-refractivity contribution >= 4 is 49.3 Å². The van der Waals surface area contributed by atoms with Crippen LogP contribution in [-0.2, 0) is 15.0 Å². The lowest BCUT2D eigenvalue weighted by Gasteiger charge is -2.18. The van der Waals surface area contributed by atoms with Gasteiger partial charge >= 0.3 is 10.2 Å². The fraction of sp³-hybridized carbons (Fsp3) is 0.364. The third kappa shape index (κ3) is 3.67. The number of benzene rings is 1. The van der Waals surface area contributed by atoms with Gasteiger partial charge in [-0.15, -0.1) is 3.89 Å². The second kappa shape index (κ2) is 5.38. The Bertz CT molecular complexity index is 622. The molecule has 4 nitrogen and oxygen atoms in total. The van der Waals surface area contributed by atoms with Crippen molar-refractivity contribution in [1.82, 2.24) is 0 Å². The first-order chi connectivity index (χ1) is 8.76. The van der Waals surface area contributed by atoms with Crippen LogP contribution in [0.5, 0.6) is 0 Å². The van der Waals surface area contributed by atoms with Crippen LogP contribution in [-0.4, -0.2) is 26.6 Å². The van der Waals surface area contributed by atoms with E-state index in [9.17, 15) is 17.1 Å². The zero-order valence-corrected chi connectivity index (χ0v) is 12.8. The number of anilines is 1. The third-order valence-corrected chi connectivity index (χ3v) is 4.61. The number of hydrogen-bond acceptors (Lipinski definition) is 3. The topological polar surface area (TPSA) is 54.5 Å². The van der Waals surface area contributed by atoms with E-state index in [2.05, 4.69) is 15.9 Å². The molecule has 0 aliphatic carbocycles. The first kappa shape index (κ1) is 14.7. The molecule has 0 saturated carbocycles. The molecule has 19 heavy (non-hydrogen) atoms. The van der Waals surface area contributed by atoms with Gasteiger partial charge in [0, 0.05) is 28.4 Å². The molecule has 1 amide bonds. The summed E-state index contributed by atoms with van der Waals surface area (Å²) in [5.74, 6) is -1.40. The number of carbonyl (C=O) groups is 1. The third-order valence-electron chi connectivity index (χ3n) is 2.84. The summed E-state index contributed by atoms with van der Waals surface area (Å²) in [6.45, 7) is 0.168. The molecular weight excluding hydrogens is 361 g/mol. The summed E-state index contributed by atoms with van der Waals surface area (Å²) >= 11 is 9.18. The van der Waals surface area contributed by atoms with Crippen molar-refractivity contribution in [2.45, 2.75) is 6.42 Å². The summed E-state index contributed by atoms with van der Waals surface area (Å²) in [6, 6.07) is 4.97. The van der Waals surface area contributed by atoms with Crippen molar-refractivity contribution in [3.8, 4) is 0 Å². The van der Waals surface area contributed by atoms with E-state index in [1.807, 2.05) is 0 Å². The molecule has 0 N–H and O–H groups in total. The van der Waals surface area contributed by atoms with Gasteiger partial charge in [-0.3, -0.25) is 4.79 Å². The van der Waals surface area contributed by atoms with Crippen LogP contribution >= 0.6 is 27.5 Å². The summed E-state index contributed by atoms with van der Waals surface area (Å²) < 4.78 is 34.6. The lowest BCUT2D eigenvalue weighted by Crippen LogP contribution is -2.25. The fourth-order valence-corrected chi connectivity index (χ4v) is 3.51. The van der Waals surface area contributed by atoms with Crippen molar-refractivity contribution in [3.05, 3.63) is 27.7 Å². The van der Waals surface area contributed by atoms with Gasteiger partial charge in [0.2, 0.25) is 5.91 Å². The number of carbonyl (C=O) groups excluding carboxylic acids is 1. The Hall–Kier alpha value is -0.660. The monoisotopic (exact) mass is 369 g/mol. The van der Waals surface area contributed by atoms with Crippen LogP contribution < -0.4 is 4.90 Å². The highest BCUT2D eigenvalue weighted by molar-refractivity contribution is 9.10. The van der Waals surface area contributed by atoms with Crippen molar-refractivity contribution in [3.63, 3.8) is 0 Å². The predicted octanol–water partition coefficient (Wildman–Crippen LogP) is 2.75. The molecule has 104 valence electrons. The molecule has 1 unspecified atom stereocenters. The Kier molecular flexibility index (Phi) is 4.17. The quantitative estimate of drug-likeness (QED) is 0.769. The van der Waals surface area contributed by atoms with Crippen LogP contribution in [0.1, 0.15) is 6.42 Å². The second-order valence-corrected chi connectivity index (χ2v) is 7.08. The lowest BCUT2D eigenvalue weighted by atomic mass is 10.1. The van der Waals surface area contributed by atoms with E-state index < -0.39 is 21.9 Å². The van der Waals surface area contributed by atoms with Gasteiger partial charge in [-0.05, 0) is 34.1 Å². The summed E-state index contributed by atoms with van der Waals surface area (Å²) in [7, 11) is -4.57. The first-order valence-electron chi connectivity index (χ1n) is 5.44. The van der Waals surface area contributed by atoms with E-state index in [1.54, 1.807) is 18.2 Å². The minimum Gasteiger partial charge on any atom is -0.311 e. The largest absolute Gasteiger partial charge is 0.311 e. The average molecular weight is 371 g/mol. The number of hydrogen-bond donors (Lipinski definition) is 0. The fourth-order valence-electron chi connectivity index (χ4n) is 2.10. The molecule has 1 aromatic rings. The van der Waals surface area contributed by atoms with E-state index in [1.165, 1.54) is 4.90 Å². The van der Waals surface area contributed by atoms with Gasteiger partial charge in [0.05, 0.1) is 11.4 Å². The maximum atomic E-state index is 12.7. The van der Waals surface area contributed by atoms with E-state index in [4.69, 9.17) is 11.6 Å². The first-order valence-corrected chi connectivity index (χ1v) is 8.16. The van der Waals surface area contributed by atoms with Crippen LogP contribution in [0.2, 0.25) is 5.02 Å². The Balaban J connectivity index is 2.23. The maximum absolute atomic E-state index is 12.7. The van der Waals surface area contributed by atoms with Crippen LogP contribution in [0.4, 0.5) is 9.57 Å². The van der Waals surface area contributed by atoms with Gasteiger partial charge in [-0.1, -0.05) is 11.6 Å². The highest BCUT2D eigenvalue weighted by Crippen LogP contribution is 2.34. The van der Waals surface area contributed by atoms with Gasteiger partial charge in [0.1, 0.15) is 0 Å². The molecule has 1 aliphatic heterocycles. The summed E-state index contributed by atoms with van der Waals surface area (Å²) in [4.78, 5) is 13.3. The summed E-state index contributed by atoms with van der Waals surface area (Å²) in [6.07, 6.45) is 0.0160. The second-order valence-electron chi connectivity index (χ2n) is 4.38. The Morgan fingerprint density at radius 3 is 2.79 bits per heavy atom. The molecule has 1 fully saturated rings. The summed E-state index contributed by atoms with van der Waals surface area (Å²) in [5.41, 5.74) is 0.566. The average Bonchev–Trinajstić information content (AvgIpc) is 2.60. The van der Waals surface area contributed by atoms with Gasteiger partial charge in [-0.2, -0.15) is 8.42 Å². The van der Waals surface area contributed by atoms with E-state index in [0.29, 0.717) is 15.2 Å². The summed E-state index contributed by atoms with van der Waals surface area (Å²) in [5, 5.41) is 0.465. The highest BCUT2D eigenvalue weighted by Gasteiger charge is 2.34. The van der Waals surface area contributed by atoms with Crippen LogP contribution in [0.3, 0.4) is 0 Å². The minimum absolute atomic E-state index is 0.0160. The molecule has 1 aromatic carbocycles. The Labute approximate surface area is 123 Å². The zero-order chi connectivity index (χ0) is 14.2. The molecule has 1 atom stereocenters. The molecule has 0 spiro atoms. The van der Waals surface area contributed by atoms with E-state index in [-0.39, 0.29) is 18.9 Å². The minimum atomic E-state index is -4.57. The standard InChI is InChI=1S/C11H10BrClFNO3S/c12-9-2-1-8(13)4-10(9)15-5-7(3-11(15)16)6-19(14,17)18/h1-2,4,7H,3,5-6H2. The molecule has 8 heteroatoms. The Morgan fingerprint density at radius 1 is 1.47 bits per heavy atom. The predicted molar refractivity (Wildman–Crippen MR) is 74.5 cm³/mol. The van der Waals surface area contributed by atoms with Gasteiger partial charge in [0.25, 0.3) is 0 Å².